The van der Waals surface area contributed by atoms with E-state index in [0.29, 0.717) is 47.8 Å². The van der Waals surface area contributed by atoms with E-state index in [1.54, 1.807) is 25.2 Å². The quantitative estimate of drug-likeness (QED) is 0.341. The zero-order chi connectivity index (χ0) is 22.4. The van der Waals surface area contributed by atoms with Crippen LogP contribution in [0.5, 0.6) is 11.5 Å². The highest BCUT2D eigenvalue weighted by Crippen LogP contribution is 2.26. The Bertz CT molecular complexity index is 1010. The van der Waals surface area contributed by atoms with Crippen LogP contribution in [0.1, 0.15) is 23.1 Å². The Kier molecular flexibility index (Phi) is 7.90. The van der Waals surface area contributed by atoms with Gasteiger partial charge in [-0.2, -0.15) is 0 Å². The molecular formula is C23H25ClN2O4S. The molecule has 164 valence electrons. The Hall–Kier alpha value is -2.61. The molecule has 1 saturated heterocycles. The predicted octanol–water partition coefficient (Wildman–Crippen LogP) is 4.33. The van der Waals surface area contributed by atoms with Crippen LogP contribution in [0.2, 0.25) is 5.02 Å². The first kappa shape index (κ1) is 23.1. The van der Waals surface area contributed by atoms with Gasteiger partial charge in [0.15, 0.2) is 5.11 Å². The van der Waals surface area contributed by atoms with Crippen LogP contribution in [0, 0.1) is 6.92 Å². The maximum atomic E-state index is 12.7. The highest BCUT2D eigenvalue weighted by molar-refractivity contribution is 7.80. The van der Waals surface area contributed by atoms with Crippen LogP contribution in [0.4, 0.5) is 0 Å². The van der Waals surface area contributed by atoms with Gasteiger partial charge in [0.05, 0.1) is 7.11 Å². The van der Waals surface area contributed by atoms with Crippen LogP contribution >= 0.6 is 23.8 Å². The van der Waals surface area contributed by atoms with Gasteiger partial charge in [0, 0.05) is 30.8 Å². The highest BCUT2D eigenvalue weighted by Gasteiger charge is 2.30. The Labute approximate surface area is 192 Å². The Balaban J connectivity index is 1.76. The molecule has 2 aromatic carbocycles. The summed E-state index contributed by atoms with van der Waals surface area (Å²) in [7, 11) is 3.24. The van der Waals surface area contributed by atoms with Crippen LogP contribution in [-0.2, 0) is 16.1 Å². The van der Waals surface area contributed by atoms with Gasteiger partial charge in [-0.1, -0.05) is 17.7 Å². The second kappa shape index (κ2) is 10.6. The number of benzene rings is 2. The maximum Gasteiger partial charge on any atom is 0.276 e. The number of ether oxygens (including phenoxy) is 3. The summed E-state index contributed by atoms with van der Waals surface area (Å²) in [5, 5.41) is 4.10. The van der Waals surface area contributed by atoms with Crippen LogP contribution in [0.15, 0.2) is 42.1 Å². The lowest BCUT2D eigenvalue weighted by Gasteiger charge is -2.13. The summed E-state index contributed by atoms with van der Waals surface area (Å²) in [6, 6.07) is 11.2. The molecule has 1 N–H and O–H groups in total. The Morgan fingerprint density at radius 2 is 2.00 bits per heavy atom. The molecular weight excluding hydrogens is 436 g/mol. The van der Waals surface area contributed by atoms with Gasteiger partial charge in [-0.25, -0.2) is 0 Å². The molecule has 0 radical (unpaired) electrons. The van der Waals surface area contributed by atoms with E-state index in [0.717, 1.165) is 22.4 Å². The number of hydrogen-bond donors (Lipinski definition) is 1. The molecule has 1 fully saturated rings. The van der Waals surface area contributed by atoms with Crippen LogP contribution in [0.3, 0.4) is 0 Å². The fraction of sp³-hybridized carbons (Fsp3) is 0.304. The molecule has 1 heterocycles. The highest BCUT2D eigenvalue weighted by atomic mass is 35.5. The van der Waals surface area contributed by atoms with Crippen molar-refractivity contribution in [1.29, 1.82) is 0 Å². The van der Waals surface area contributed by atoms with Crippen molar-refractivity contribution in [1.82, 2.24) is 10.2 Å². The summed E-state index contributed by atoms with van der Waals surface area (Å²) in [6.07, 6.45) is 2.49. The summed E-state index contributed by atoms with van der Waals surface area (Å²) in [5.74, 6) is 1.28. The lowest BCUT2D eigenvalue weighted by Crippen LogP contribution is -2.32. The predicted molar refractivity (Wildman–Crippen MR) is 125 cm³/mol. The summed E-state index contributed by atoms with van der Waals surface area (Å²) in [4.78, 5) is 14.3. The summed E-state index contributed by atoms with van der Waals surface area (Å²) in [5.41, 5.74) is 3.08. The molecule has 0 bridgehead atoms. The number of thiocarbonyl (C=S) groups is 1. The zero-order valence-corrected chi connectivity index (χ0v) is 19.3. The second-order valence-electron chi connectivity index (χ2n) is 7.06. The van der Waals surface area contributed by atoms with Crippen molar-refractivity contribution >= 4 is 40.9 Å². The number of carbonyl (C=O) groups is 1. The van der Waals surface area contributed by atoms with Crippen molar-refractivity contribution in [2.45, 2.75) is 20.0 Å². The number of nitrogens with one attached hydrogen (secondary N) is 1. The van der Waals surface area contributed by atoms with E-state index in [2.05, 4.69) is 5.32 Å². The average molecular weight is 461 g/mol. The molecule has 1 aliphatic rings. The first-order valence-corrected chi connectivity index (χ1v) is 10.6. The molecule has 8 heteroatoms. The lowest BCUT2D eigenvalue weighted by molar-refractivity contribution is -0.122. The van der Waals surface area contributed by atoms with Gasteiger partial charge < -0.3 is 19.5 Å². The van der Waals surface area contributed by atoms with Gasteiger partial charge in [0.1, 0.15) is 23.8 Å². The van der Waals surface area contributed by atoms with Gasteiger partial charge >= 0.3 is 0 Å². The van der Waals surface area contributed by atoms with Crippen LogP contribution < -0.4 is 14.8 Å². The molecule has 0 unspecified atom stereocenters. The van der Waals surface area contributed by atoms with E-state index in [-0.39, 0.29) is 5.91 Å². The fourth-order valence-corrected chi connectivity index (χ4v) is 3.58. The normalized spacial score (nSPS) is 14.8. The van der Waals surface area contributed by atoms with E-state index in [4.69, 9.17) is 38.0 Å². The number of halogens is 1. The number of amides is 1. The van der Waals surface area contributed by atoms with Crippen LogP contribution in [0.25, 0.3) is 6.08 Å². The summed E-state index contributed by atoms with van der Waals surface area (Å²) < 4.78 is 16.4. The maximum absolute atomic E-state index is 12.7. The molecule has 31 heavy (non-hydrogen) atoms. The molecule has 0 saturated carbocycles. The Morgan fingerprint density at radius 3 is 2.71 bits per heavy atom. The third-order valence-corrected chi connectivity index (χ3v) is 5.58. The zero-order valence-electron chi connectivity index (χ0n) is 17.7. The second-order valence-corrected chi connectivity index (χ2v) is 7.86. The number of nitrogens with zero attached hydrogens (tertiary/aromatic N) is 1. The average Bonchev–Trinajstić information content (AvgIpc) is 3.02. The molecule has 0 spiro atoms. The molecule has 2 aromatic rings. The van der Waals surface area contributed by atoms with Gasteiger partial charge in [0.2, 0.25) is 0 Å². The van der Waals surface area contributed by atoms with Crippen molar-refractivity contribution < 1.29 is 19.0 Å². The third kappa shape index (κ3) is 5.76. The molecule has 0 aliphatic carbocycles. The Morgan fingerprint density at radius 1 is 1.19 bits per heavy atom. The number of carbonyl (C=O) groups excluding carboxylic acids is 1. The van der Waals surface area contributed by atoms with Gasteiger partial charge in [-0.15, -0.1) is 0 Å². The third-order valence-electron chi connectivity index (χ3n) is 4.83. The van der Waals surface area contributed by atoms with Crippen molar-refractivity contribution in [3.63, 3.8) is 0 Å². The minimum absolute atomic E-state index is 0.147. The van der Waals surface area contributed by atoms with Crippen molar-refractivity contribution in [3.05, 3.63) is 63.8 Å². The van der Waals surface area contributed by atoms with E-state index in [9.17, 15) is 4.79 Å². The lowest BCUT2D eigenvalue weighted by atomic mass is 10.1. The first-order valence-electron chi connectivity index (χ1n) is 9.82. The van der Waals surface area contributed by atoms with Gasteiger partial charge in [-0.3, -0.25) is 9.69 Å². The van der Waals surface area contributed by atoms with Crippen molar-refractivity contribution in [3.8, 4) is 11.5 Å². The van der Waals surface area contributed by atoms with Gasteiger partial charge in [-0.05, 0) is 73.1 Å². The number of methoxy groups -OCH3 is 2. The first-order chi connectivity index (χ1) is 14.9. The standard InChI is InChI=1S/C23H25ClN2O4S/c1-15-11-18(6-7-19(15)24)30-14-17-12-16(5-8-21(17)29-3)13-20-22(27)26(23(31)25-20)9-4-10-28-2/h5-8,11-13H,4,9-10,14H2,1-3H3,(H,25,31)/b20-13+. The molecule has 1 aliphatic heterocycles. The van der Waals surface area contributed by atoms with E-state index in [1.807, 2.05) is 43.3 Å². The van der Waals surface area contributed by atoms with Gasteiger partial charge in [0.25, 0.3) is 5.91 Å². The van der Waals surface area contributed by atoms with Crippen molar-refractivity contribution in [2.24, 2.45) is 0 Å². The topological polar surface area (TPSA) is 60.0 Å². The fourth-order valence-electron chi connectivity index (χ4n) is 3.18. The molecule has 6 nitrogen and oxygen atoms in total. The summed E-state index contributed by atoms with van der Waals surface area (Å²) >= 11 is 11.4. The minimum Gasteiger partial charge on any atom is -0.496 e. The van der Waals surface area contributed by atoms with Crippen LogP contribution in [-0.4, -0.2) is 43.3 Å². The number of rotatable bonds is 9. The largest absolute Gasteiger partial charge is 0.496 e. The number of hydrogen-bond acceptors (Lipinski definition) is 5. The van der Waals surface area contributed by atoms with E-state index < -0.39 is 0 Å². The molecule has 3 rings (SSSR count). The molecule has 1 amide bonds. The number of aryl methyl sites for hydroxylation is 1. The molecule has 0 atom stereocenters. The van der Waals surface area contributed by atoms with E-state index >= 15 is 0 Å². The van der Waals surface area contributed by atoms with Crippen molar-refractivity contribution in [2.75, 3.05) is 27.4 Å². The van der Waals surface area contributed by atoms with E-state index in [1.165, 1.54) is 0 Å². The summed E-state index contributed by atoms with van der Waals surface area (Å²) in [6.45, 7) is 3.32. The smallest absolute Gasteiger partial charge is 0.276 e. The molecule has 0 aromatic heterocycles. The SMILES string of the molecule is COCCCN1C(=O)/C(=C\c2ccc(OC)c(COc3ccc(Cl)c(C)c3)c2)NC1=S. The monoisotopic (exact) mass is 460 g/mol. The minimum atomic E-state index is -0.147.